The van der Waals surface area contributed by atoms with E-state index in [9.17, 15) is 18.4 Å². The van der Waals surface area contributed by atoms with Crippen molar-refractivity contribution in [2.75, 3.05) is 5.32 Å². The number of terminal acetylenes is 1. The van der Waals surface area contributed by atoms with Crippen molar-refractivity contribution in [3.8, 4) is 35.1 Å². The Morgan fingerprint density at radius 3 is 2.60 bits per heavy atom. The van der Waals surface area contributed by atoms with E-state index in [2.05, 4.69) is 10.4 Å². The van der Waals surface area contributed by atoms with Crippen LogP contribution in [0.2, 0.25) is 0 Å². The topological polar surface area (TPSA) is 73.2 Å². The fourth-order valence-corrected chi connectivity index (χ4v) is 2.80. The second-order valence-electron chi connectivity index (χ2n) is 6.32. The molecule has 0 fully saturated rings. The van der Waals surface area contributed by atoms with Crippen LogP contribution in [0.3, 0.4) is 0 Å². The number of nitrogens with one attached hydrogen (secondary N) is 1. The zero-order chi connectivity index (χ0) is 21.8. The van der Waals surface area contributed by atoms with Gasteiger partial charge in [0.05, 0.1) is 5.69 Å². The summed E-state index contributed by atoms with van der Waals surface area (Å²) < 4.78 is 34.1. The summed E-state index contributed by atoms with van der Waals surface area (Å²) >= 11 is 0. The first-order chi connectivity index (χ1) is 14.3. The third-order valence-corrected chi connectivity index (χ3v) is 4.28. The molecule has 0 bridgehead atoms. The van der Waals surface area contributed by atoms with Gasteiger partial charge in [-0.1, -0.05) is 6.92 Å². The lowest BCUT2D eigenvalue weighted by Gasteiger charge is -2.14. The van der Waals surface area contributed by atoms with Gasteiger partial charge in [-0.3, -0.25) is 9.59 Å². The Morgan fingerprint density at radius 1 is 1.20 bits per heavy atom. The van der Waals surface area contributed by atoms with Crippen LogP contribution in [-0.2, 0) is 18.3 Å². The van der Waals surface area contributed by atoms with Gasteiger partial charge in [-0.25, -0.2) is 13.5 Å². The highest BCUT2D eigenvalue weighted by Crippen LogP contribution is 2.35. The summed E-state index contributed by atoms with van der Waals surface area (Å²) in [5.41, 5.74) is 1.36. The number of halogens is 2. The van der Waals surface area contributed by atoms with Crippen LogP contribution in [0.4, 0.5) is 14.5 Å². The van der Waals surface area contributed by atoms with Crippen molar-refractivity contribution in [3.05, 3.63) is 70.0 Å². The predicted octanol–water partition coefficient (Wildman–Crippen LogP) is 3.65. The number of nitrogens with zero attached hydrogens (tertiary/aromatic N) is 2. The molecule has 152 valence electrons. The van der Waals surface area contributed by atoms with Crippen LogP contribution in [-0.4, -0.2) is 15.7 Å². The molecule has 0 saturated carbocycles. The van der Waals surface area contributed by atoms with Gasteiger partial charge in [-0.2, -0.15) is 5.10 Å². The molecule has 1 aromatic heterocycles. The lowest BCUT2D eigenvalue weighted by Crippen LogP contribution is -2.23. The molecule has 3 rings (SSSR count). The third-order valence-electron chi connectivity index (χ3n) is 4.28. The maximum absolute atomic E-state index is 14.1. The Labute approximate surface area is 171 Å². The van der Waals surface area contributed by atoms with Gasteiger partial charge in [0.2, 0.25) is 0 Å². The standard InChI is InChI=1S/C22H17F2N3O3/c1-4-13-10-18(26-27(3)22(13)29)16-12-15(25-21(28)5-2)7-9-19(16)30-20-8-6-14(23)11-17(20)24/h2,6-12H,4H2,1,3H3,(H,25,28). The Morgan fingerprint density at radius 2 is 1.93 bits per heavy atom. The Hall–Kier alpha value is -3.99. The van der Waals surface area contributed by atoms with E-state index in [1.54, 1.807) is 6.07 Å². The van der Waals surface area contributed by atoms with Crippen LogP contribution in [0.5, 0.6) is 11.5 Å². The van der Waals surface area contributed by atoms with E-state index >= 15 is 0 Å². The average Bonchev–Trinajstić information content (AvgIpc) is 2.72. The van der Waals surface area contributed by atoms with Gasteiger partial charge < -0.3 is 10.1 Å². The predicted molar refractivity (Wildman–Crippen MR) is 108 cm³/mol. The summed E-state index contributed by atoms with van der Waals surface area (Å²) in [7, 11) is 1.51. The van der Waals surface area contributed by atoms with Crippen LogP contribution < -0.4 is 15.6 Å². The van der Waals surface area contributed by atoms with Crippen molar-refractivity contribution in [1.29, 1.82) is 0 Å². The monoisotopic (exact) mass is 409 g/mol. The molecular formula is C22H17F2N3O3. The van der Waals surface area contributed by atoms with Crippen LogP contribution in [0, 0.1) is 24.0 Å². The first kappa shape index (κ1) is 20.7. The highest BCUT2D eigenvalue weighted by Gasteiger charge is 2.16. The minimum Gasteiger partial charge on any atom is -0.454 e. The molecule has 0 aliphatic carbocycles. The Balaban J connectivity index is 2.15. The molecule has 0 unspecified atom stereocenters. The zero-order valence-corrected chi connectivity index (χ0v) is 16.2. The molecule has 1 heterocycles. The minimum atomic E-state index is -0.881. The SMILES string of the molecule is C#CC(=O)Nc1ccc(Oc2ccc(F)cc2F)c(-c2cc(CC)c(=O)n(C)n2)c1. The van der Waals surface area contributed by atoms with Gasteiger partial charge in [-0.05, 0) is 48.7 Å². The molecule has 6 nitrogen and oxygen atoms in total. The van der Waals surface area contributed by atoms with Crippen molar-refractivity contribution in [2.24, 2.45) is 7.05 Å². The molecule has 1 amide bonds. The maximum atomic E-state index is 14.1. The minimum absolute atomic E-state index is 0.187. The summed E-state index contributed by atoms with van der Waals surface area (Å²) in [4.78, 5) is 23.7. The molecule has 1 N–H and O–H groups in total. The molecule has 0 spiro atoms. The fraction of sp³-hybridized carbons (Fsp3) is 0.136. The largest absolute Gasteiger partial charge is 0.454 e. The molecule has 0 saturated heterocycles. The number of amides is 1. The average molecular weight is 409 g/mol. The summed E-state index contributed by atoms with van der Waals surface area (Å²) in [6, 6.07) is 9.07. The fourth-order valence-electron chi connectivity index (χ4n) is 2.80. The molecule has 30 heavy (non-hydrogen) atoms. The van der Waals surface area contributed by atoms with Crippen LogP contribution >= 0.6 is 0 Å². The van der Waals surface area contributed by atoms with E-state index in [1.807, 2.05) is 12.8 Å². The number of anilines is 1. The lowest BCUT2D eigenvalue weighted by atomic mass is 10.1. The Kier molecular flexibility index (Phi) is 5.93. The van der Waals surface area contributed by atoms with Gasteiger partial charge in [0.1, 0.15) is 11.6 Å². The number of aryl methyl sites for hydroxylation is 2. The van der Waals surface area contributed by atoms with Crippen molar-refractivity contribution in [1.82, 2.24) is 9.78 Å². The number of benzene rings is 2. The maximum Gasteiger partial charge on any atom is 0.300 e. The number of ether oxygens (including phenoxy) is 1. The van der Waals surface area contributed by atoms with E-state index in [1.165, 1.54) is 29.9 Å². The second kappa shape index (κ2) is 8.57. The van der Waals surface area contributed by atoms with E-state index in [0.717, 1.165) is 12.1 Å². The normalized spacial score (nSPS) is 10.4. The first-order valence-corrected chi connectivity index (χ1v) is 8.94. The summed E-state index contributed by atoms with van der Waals surface area (Å²) in [5, 5.41) is 6.76. The molecule has 0 atom stereocenters. The lowest BCUT2D eigenvalue weighted by molar-refractivity contribution is -0.111. The van der Waals surface area contributed by atoms with E-state index in [-0.39, 0.29) is 17.1 Å². The van der Waals surface area contributed by atoms with Crippen molar-refractivity contribution < 1.29 is 18.3 Å². The Bertz CT molecular complexity index is 1230. The number of hydrogen-bond donors (Lipinski definition) is 1. The zero-order valence-electron chi connectivity index (χ0n) is 16.2. The van der Waals surface area contributed by atoms with E-state index in [4.69, 9.17) is 11.2 Å². The number of carbonyl (C=O) groups is 1. The number of rotatable bonds is 5. The number of aromatic nitrogens is 2. The van der Waals surface area contributed by atoms with Crippen LogP contribution in [0.25, 0.3) is 11.3 Å². The second-order valence-corrected chi connectivity index (χ2v) is 6.32. The molecule has 0 aliphatic rings. The number of carbonyl (C=O) groups excluding carboxylic acids is 1. The molecular weight excluding hydrogens is 392 g/mol. The highest BCUT2D eigenvalue weighted by atomic mass is 19.1. The van der Waals surface area contributed by atoms with Crippen molar-refractivity contribution in [3.63, 3.8) is 0 Å². The molecule has 3 aromatic rings. The first-order valence-electron chi connectivity index (χ1n) is 8.94. The smallest absolute Gasteiger partial charge is 0.300 e. The molecule has 8 heteroatoms. The van der Waals surface area contributed by atoms with Crippen LogP contribution in [0.15, 0.2) is 47.3 Å². The van der Waals surface area contributed by atoms with Crippen molar-refractivity contribution in [2.45, 2.75) is 13.3 Å². The van der Waals surface area contributed by atoms with Gasteiger partial charge in [0, 0.05) is 29.9 Å². The van der Waals surface area contributed by atoms with Gasteiger partial charge >= 0.3 is 0 Å². The summed E-state index contributed by atoms with van der Waals surface area (Å²) in [6.45, 7) is 1.83. The van der Waals surface area contributed by atoms with Crippen LogP contribution in [0.1, 0.15) is 12.5 Å². The van der Waals surface area contributed by atoms with Gasteiger partial charge in [0.15, 0.2) is 11.6 Å². The molecule has 2 aromatic carbocycles. The molecule has 0 aliphatic heterocycles. The number of hydrogen-bond acceptors (Lipinski definition) is 4. The summed E-state index contributed by atoms with van der Waals surface area (Å²) in [6.07, 6.45) is 5.57. The van der Waals surface area contributed by atoms with Crippen molar-refractivity contribution >= 4 is 11.6 Å². The molecule has 0 radical (unpaired) electrons. The highest BCUT2D eigenvalue weighted by molar-refractivity contribution is 6.03. The van der Waals surface area contributed by atoms with E-state index < -0.39 is 17.5 Å². The van der Waals surface area contributed by atoms with Gasteiger partial charge in [0.25, 0.3) is 11.5 Å². The third kappa shape index (κ3) is 4.36. The van der Waals surface area contributed by atoms with Gasteiger partial charge in [-0.15, -0.1) is 6.42 Å². The van der Waals surface area contributed by atoms with E-state index in [0.29, 0.717) is 35.0 Å². The quantitative estimate of drug-likeness (QED) is 0.653. The summed E-state index contributed by atoms with van der Waals surface area (Å²) in [5.74, 6) is -0.330.